The molecule has 6 nitrogen and oxygen atoms in total. The molecule has 0 aliphatic carbocycles. The number of primary amides is 1. The van der Waals surface area contributed by atoms with Gasteiger partial charge in [-0.15, -0.1) is 0 Å². The number of methoxy groups -OCH3 is 1. The highest BCUT2D eigenvalue weighted by atomic mass is 16.6. The van der Waals surface area contributed by atoms with Crippen molar-refractivity contribution in [2.75, 3.05) is 20.3 Å². The Hall–Kier alpha value is -3.41. The zero-order valence-electron chi connectivity index (χ0n) is 19.6. The van der Waals surface area contributed by atoms with Crippen molar-refractivity contribution in [2.24, 2.45) is 5.73 Å². The number of amides is 1. The summed E-state index contributed by atoms with van der Waals surface area (Å²) in [4.78, 5) is 12.6. The second-order valence-corrected chi connectivity index (χ2v) is 8.36. The number of benzene rings is 2. The average molecular weight is 449 g/mol. The summed E-state index contributed by atoms with van der Waals surface area (Å²) in [7, 11) is 1.67. The van der Waals surface area contributed by atoms with Gasteiger partial charge < -0.3 is 24.5 Å². The van der Waals surface area contributed by atoms with Crippen molar-refractivity contribution in [3.63, 3.8) is 0 Å². The minimum atomic E-state index is -0.404. The highest BCUT2D eigenvalue weighted by molar-refractivity contribution is 6.02. The molecule has 1 aromatic heterocycles. The van der Waals surface area contributed by atoms with Gasteiger partial charge in [-0.05, 0) is 61.6 Å². The number of nitrogens with two attached hydrogens (primary N) is 1. The molecule has 174 valence electrons. The molecule has 0 saturated carbocycles. The molecule has 1 aliphatic rings. The molecule has 0 bridgehead atoms. The van der Waals surface area contributed by atoms with E-state index in [0.29, 0.717) is 24.5 Å². The summed E-state index contributed by atoms with van der Waals surface area (Å²) in [6, 6.07) is 14.0. The van der Waals surface area contributed by atoms with E-state index in [2.05, 4.69) is 23.6 Å². The fourth-order valence-electron chi connectivity index (χ4n) is 4.55. The van der Waals surface area contributed by atoms with Crippen molar-refractivity contribution in [1.29, 1.82) is 0 Å². The molecule has 0 atom stereocenters. The van der Waals surface area contributed by atoms with Gasteiger partial charge in [-0.3, -0.25) is 4.79 Å². The molecule has 4 rings (SSSR count). The smallest absolute Gasteiger partial charge is 0.251 e. The van der Waals surface area contributed by atoms with Gasteiger partial charge in [0, 0.05) is 23.5 Å². The van der Waals surface area contributed by atoms with Gasteiger partial charge in [-0.1, -0.05) is 31.5 Å². The summed E-state index contributed by atoms with van der Waals surface area (Å²) in [5.74, 6) is 1.88. The van der Waals surface area contributed by atoms with Crippen LogP contribution in [-0.4, -0.2) is 30.8 Å². The van der Waals surface area contributed by atoms with Gasteiger partial charge in [0.15, 0.2) is 11.5 Å². The topological polar surface area (TPSA) is 75.7 Å². The molecule has 0 unspecified atom stereocenters. The SMILES string of the molecule is CCCCc1c(-c2ccc3c(c2)OCCO3)c(C(N)=O)c(C)n1CCc1ccc(OC)cc1. The number of aromatic nitrogens is 1. The van der Waals surface area contributed by atoms with Crippen LogP contribution in [0.4, 0.5) is 0 Å². The van der Waals surface area contributed by atoms with Crippen LogP contribution >= 0.6 is 0 Å². The van der Waals surface area contributed by atoms with Gasteiger partial charge in [-0.2, -0.15) is 0 Å². The minimum absolute atomic E-state index is 0.404. The highest BCUT2D eigenvalue weighted by Gasteiger charge is 2.25. The number of hydrogen-bond donors (Lipinski definition) is 1. The molecular weight excluding hydrogens is 416 g/mol. The predicted molar refractivity (Wildman–Crippen MR) is 129 cm³/mol. The van der Waals surface area contributed by atoms with Crippen LogP contribution in [0.5, 0.6) is 17.2 Å². The van der Waals surface area contributed by atoms with Crippen molar-refractivity contribution in [2.45, 2.75) is 46.1 Å². The van der Waals surface area contributed by atoms with Crippen molar-refractivity contribution in [3.05, 3.63) is 65.0 Å². The van der Waals surface area contributed by atoms with E-state index < -0.39 is 5.91 Å². The summed E-state index contributed by atoms with van der Waals surface area (Å²) in [6.07, 6.45) is 3.81. The Labute approximate surface area is 195 Å². The third kappa shape index (κ3) is 4.70. The molecule has 0 spiro atoms. The van der Waals surface area contributed by atoms with Gasteiger partial charge >= 0.3 is 0 Å². The van der Waals surface area contributed by atoms with Crippen molar-refractivity contribution in [1.82, 2.24) is 4.57 Å². The summed E-state index contributed by atoms with van der Waals surface area (Å²) in [6.45, 7) is 5.99. The van der Waals surface area contributed by atoms with E-state index in [1.54, 1.807) is 7.11 Å². The number of nitrogens with zero attached hydrogens (tertiary/aromatic N) is 1. The summed E-state index contributed by atoms with van der Waals surface area (Å²) in [5.41, 5.74) is 11.6. The number of fused-ring (bicyclic) bond motifs is 1. The van der Waals surface area contributed by atoms with Gasteiger partial charge in [0.2, 0.25) is 0 Å². The van der Waals surface area contributed by atoms with Crippen LogP contribution in [0.2, 0.25) is 0 Å². The number of unbranched alkanes of at least 4 members (excludes halogenated alkanes) is 1. The molecule has 33 heavy (non-hydrogen) atoms. The van der Waals surface area contributed by atoms with E-state index >= 15 is 0 Å². The number of carbonyl (C=O) groups is 1. The Morgan fingerprint density at radius 1 is 1.06 bits per heavy atom. The zero-order chi connectivity index (χ0) is 23.4. The third-order valence-corrected chi connectivity index (χ3v) is 6.26. The van der Waals surface area contributed by atoms with Gasteiger partial charge in [0.05, 0.1) is 12.7 Å². The van der Waals surface area contributed by atoms with Crippen LogP contribution in [0.15, 0.2) is 42.5 Å². The summed E-state index contributed by atoms with van der Waals surface area (Å²) in [5, 5.41) is 0. The maximum Gasteiger partial charge on any atom is 0.251 e. The molecule has 2 aromatic carbocycles. The van der Waals surface area contributed by atoms with Crippen molar-refractivity contribution >= 4 is 5.91 Å². The van der Waals surface area contributed by atoms with Gasteiger partial charge in [0.1, 0.15) is 19.0 Å². The lowest BCUT2D eigenvalue weighted by atomic mass is 9.97. The van der Waals surface area contributed by atoms with Crippen molar-refractivity contribution < 1.29 is 19.0 Å². The van der Waals surface area contributed by atoms with E-state index in [1.165, 1.54) is 5.56 Å². The Bertz CT molecular complexity index is 1130. The lowest BCUT2D eigenvalue weighted by Gasteiger charge is -2.19. The number of aryl methyl sites for hydroxylation is 1. The number of rotatable bonds is 9. The van der Waals surface area contributed by atoms with Crippen LogP contribution in [0.1, 0.15) is 47.1 Å². The van der Waals surface area contributed by atoms with Crippen molar-refractivity contribution in [3.8, 4) is 28.4 Å². The highest BCUT2D eigenvalue weighted by Crippen LogP contribution is 2.39. The molecule has 3 aromatic rings. The maximum absolute atomic E-state index is 12.6. The molecule has 1 aliphatic heterocycles. The Kier molecular flexibility index (Phi) is 6.92. The first-order valence-corrected chi connectivity index (χ1v) is 11.6. The van der Waals surface area contributed by atoms with Crippen LogP contribution in [0, 0.1) is 6.92 Å². The largest absolute Gasteiger partial charge is 0.497 e. The molecule has 0 fully saturated rings. The molecule has 2 N–H and O–H groups in total. The fraction of sp³-hybridized carbons (Fsp3) is 0.370. The Morgan fingerprint density at radius 2 is 1.79 bits per heavy atom. The first kappa shape index (κ1) is 22.8. The standard InChI is InChI=1S/C27H32N2O4/c1-4-5-6-22-26(20-9-12-23-24(17-20)33-16-15-32-23)25(27(28)30)18(2)29(22)14-13-19-7-10-21(31-3)11-8-19/h7-12,17H,4-6,13-16H2,1-3H3,(H2,28,30). The molecule has 0 radical (unpaired) electrons. The van der Waals surface area contributed by atoms with Crippen LogP contribution in [0.3, 0.4) is 0 Å². The van der Waals surface area contributed by atoms with E-state index in [9.17, 15) is 4.79 Å². The first-order valence-electron chi connectivity index (χ1n) is 11.6. The quantitative estimate of drug-likeness (QED) is 0.504. The Morgan fingerprint density at radius 3 is 2.45 bits per heavy atom. The van der Waals surface area contributed by atoms with Crippen LogP contribution < -0.4 is 19.9 Å². The number of hydrogen-bond acceptors (Lipinski definition) is 4. The van der Waals surface area contributed by atoms with Gasteiger partial charge in [-0.25, -0.2) is 0 Å². The Balaban J connectivity index is 1.76. The lowest BCUT2D eigenvalue weighted by Crippen LogP contribution is -2.15. The molecular formula is C27H32N2O4. The fourth-order valence-corrected chi connectivity index (χ4v) is 4.55. The lowest BCUT2D eigenvalue weighted by molar-refractivity contribution is 0.1000. The normalized spacial score (nSPS) is 12.6. The molecule has 6 heteroatoms. The van der Waals surface area contributed by atoms with E-state index in [4.69, 9.17) is 19.9 Å². The summed E-state index contributed by atoms with van der Waals surface area (Å²) < 4.78 is 19.0. The van der Waals surface area contributed by atoms with Gasteiger partial charge in [0.25, 0.3) is 5.91 Å². The zero-order valence-corrected chi connectivity index (χ0v) is 19.6. The predicted octanol–water partition coefficient (Wildman–Crippen LogP) is 4.93. The van der Waals surface area contributed by atoms with Crippen LogP contribution in [-0.2, 0) is 19.4 Å². The molecule has 0 saturated heterocycles. The van der Waals surface area contributed by atoms with E-state index in [-0.39, 0.29) is 0 Å². The van der Waals surface area contributed by atoms with Crippen LogP contribution in [0.25, 0.3) is 11.1 Å². The monoisotopic (exact) mass is 448 g/mol. The molecule has 1 amide bonds. The first-order chi connectivity index (χ1) is 16.0. The summed E-state index contributed by atoms with van der Waals surface area (Å²) >= 11 is 0. The minimum Gasteiger partial charge on any atom is -0.497 e. The second kappa shape index (κ2) is 10.0. The molecule has 2 heterocycles. The van der Waals surface area contributed by atoms with E-state index in [0.717, 1.165) is 66.2 Å². The third-order valence-electron chi connectivity index (χ3n) is 6.26. The average Bonchev–Trinajstić information content (AvgIpc) is 3.12. The second-order valence-electron chi connectivity index (χ2n) is 8.36. The maximum atomic E-state index is 12.6. The number of ether oxygens (including phenoxy) is 3. The van der Waals surface area contributed by atoms with E-state index in [1.807, 2.05) is 37.3 Å². The number of carbonyl (C=O) groups excluding carboxylic acids is 1.